The highest BCUT2D eigenvalue weighted by Gasteiger charge is 2.60. The number of amides is 1. The number of hydrogen-bond acceptors (Lipinski definition) is 6. The highest BCUT2D eigenvalue weighted by atomic mass is 16.5. The van der Waals surface area contributed by atoms with Gasteiger partial charge in [0.1, 0.15) is 0 Å². The van der Waals surface area contributed by atoms with E-state index >= 15 is 0 Å². The van der Waals surface area contributed by atoms with Gasteiger partial charge in [-0.1, -0.05) is 44.1 Å². The summed E-state index contributed by atoms with van der Waals surface area (Å²) >= 11 is 0. The summed E-state index contributed by atoms with van der Waals surface area (Å²) in [5, 5.41) is 34.9. The van der Waals surface area contributed by atoms with Crippen LogP contribution < -0.4 is 5.32 Å². The van der Waals surface area contributed by atoms with Gasteiger partial charge in [0.25, 0.3) is 5.91 Å². The molecule has 7 atom stereocenters. The first-order valence-electron chi connectivity index (χ1n) is 11.4. The Balaban J connectivity index is 2.15. The van der Waals surface area contributed by atoms with Gasteiger partial charge in [-0.2, -0.15) is 0 Å². The van der Waals surface area contributed by atoms with Gasteiger partial charge >= 0.3 is 5.97 Å². The molecule has 0 aromatic rings. The Morgan fingerprint density at radius 1 is 1.34 bits per heavy atom. The van der Waals surface area contributed by atoms with E-state index in [1.54, 1.807) is 0 Å². The number of rotatable bonds is 9. The molecular formula is C25H39NO6. The van der Waals surface area contributed by atoms with Crippen molar-refractivity contribution in [3.63, 3.8) is 0 Å². The maximum Gasteiger partial charge on any atom is 0.330 e. The summed E-state index contributed by atoms with van der Waals surface area (Å²) in [4.78, 5) is 24.1. The van der Waals surface area contributed by atoms with E-state index in [-0.39, 0.29) is 30.2 Å². The number of allylic oxidation sites excluding steroid dienone is 2. The Hall–Kier alpha value is -1.96. The number of carbonyl (C=O) groups excluding carboxylic acids is 2. The van der Waals surface area contributed by atoms with Gasteiger partial charge in [-0.25, -0.2) is 4.79 Å². The molecule has 0 bridgehead atoms. The van der Waals surface area contributed by atoms with Gasteiger partial charge in [-0.05, 0) is 51.0 Å². The zero-order chi connectivity index (χ0) is 24.2. The van der Waals surface area contributed by atoms with E-state index < -0.39 is 29.7 Å². The fraction of sp³-hybridized carbons (Fsp3) is 0.680. The van der Waals surface area contributed by atoms with Crippen LogP contribution in [0, 0.1) is 23.7 Å². The van der Waals surface area contributed by atoms with Crippen molar-refractivity contribution in [3.05, 3.63) is 35.5 Å². The molecule has 1 aliphatic heterocycles. The molecule has 2 aliphatic rings. The van der Waals surface area contributed by atoms with Gasteiger partial charge < -0.3 is 25.4 Å². The van der Waals surface area contributed by atoms with Crippen LogP contribution in [0.15, 0.2) is 35.5 Å². The minimum atomic E-state index is -1.50. The number of methoxy groups -OCH3 is 1. The molecule has 7 heteroatoms. The quantitative estimate of drug-likeness (QED) is 0.244. The predicted octanol–water partition coefficient (Wildman–Crippen LogP) is 2.27. The highest BCUT2D eigenvalue weighted by Crippen LogP contribution is 2.48. The molecule has 180 valence electrons. The summed E-state index contributed by atoms with van der Waals surface area (Å²) in [6, 6.07) is -0.0686. The molecule has 4 N–H and O–H groups in total. The molecule has 0 saturated carbocycles. The van der Waals surface area contributed by atoms with Crippen molar-refractivity contribution >= 4 is 11.9 Å². The van der Waals surface area contributed by atoms with E-state index in [4.69, 9.17) is 0 Å². The molecule has 1 heterocycles. The zero-order valence-electron chi connectivity index (χ0n) is 20.0. The summed E-state index contributed by atoms with van der Waals surface area (Å²) in [5.41, 5.74) is 0.563. The Labute approximate surface area is 191 Å². The lowest BCUT2D eigenvalue weighted by molar-refractivity contribution is -0.143. The lowest BCUT2D eigenvalue weighted by Gasteiger charge is -2.42. The minimum absolute atomic E-state index is 0.0686. The Bertz CT molecular complexity index is 785. The standard InChI is InChI=1S/C25H39NO6/c1-14(2)11-19-23-17(5)16(4)13-18(25(23,31)24(30)26-19)12-15(3)7-8-20(27)21(28)9-10-22(29)32-6/h9-10,12-14,17-21,23,27-28,31H,7-8,11H2,1-6H3,(H,26,30)/b10-9+,15-12+/t17-,18-,19+,20+,21-,23-,25+/m1/s1. The van der Waals surface area contributed by atoms with Gasteiger partial charge in [-0.15, -0.1) is 0 Å². The van der Waals surface area contributed by atoms with E-state index in [9.17, 15) is 24.9 Å². The maximum atomic E-state index is 12.9. The number of ether oxygens (including phenoxy) is 1. The van der Waals surface area contributed by atoms with Crippen LogP contribution in [0.2, 0.25) is 0 Å². The topological polar surface area (TPSA) is 116 Å². The van der Waals surface area contributed by atoms with Crippen LogP contribution in [0.1, 0.15) is 53.9 Å². The van der Waals surface area contributed by atoms with E-state index in [1.165, 1.54) is 13.2 Å². The van der Waals surface area contributed by atoms with Crippen LogP contribution in [0.25, 0.3) is 0 Å². The molecule has 0 unspecified atom stereocenters. The van der Waals surface area contributed by atoms with Crippen molar-refractivity contribution in [2.45, 2.75) is 77.7 Å². The largest absolute Gasteiger partial charge is 0.466 e. The normalized spacial score (nSPS) is 32.5. The van der Waals surface area contributed by atoms with Gasteiger partial charge in [0, 0.05) is 24.0 Å². The summed E-state index contributed by atoms with van der Waals surface area (Å²) < 4.78 is 4.47. The molecule has 0 radical (unpaired) electrons. The lowest BCUT2D eigenvalue weighted by Crippen LogP contribution is -2.53. The molecule has 0 aromatic heterocycles. The first kappa shape index (κ1) is 26.3. The number of nitrogens with one attached hydrogen (secondary N) is 1. The molecule has 32 heavy (non-hydrogen) atoms. The molecule has 1 amide bonds. The van der Waals surface area contributed by atoms with E-state index in [0.29, 0.717) is 12.3 Å². The number of aliphatic hydroxyl groups excluding tert-OH is 2. The van der Waals surface area contributed by atoms with Crippen molar-refractivity contribution in [2.24, 2.45) is 23.7 Å². The van der Waals surface area contributed by atoms with Crippen LogP contribution in [-0.2, 0) is 14.3 Å². The van der Waals surface area contributed by atoms with Crippen molar-refractivity contribution in [1.82, 2.24) is 5.32 Å². The van der Waals surface area contributed by atoms with Crippen molar-refractivity contribution < 1.29 is 29.6 Å². The number of esters is 1. The first-order chi connectivity index (χ1) is 14.9. The third-order valence-corrected chi connectivity index (χ3v) is 6.88. The molecule has 0 aromatic carbocycles. The second-order valence-corrected chi connectivity index (χ2v) is 9.78. The number of aliphatic hydroxyl groups is 3. The zero-order valence-corrected chi connectivity index (χ0v) is 20.0. The monoisotopic (exact) mass is 449 g/mol. The second-order valence-electron chi connectivity index (χ2n) is 9.78. The van der Waals surface area contributed by atoms with Gasteiger partial charge in [0.2, 0.25) is 0 Å². The average Bonchev–Trinajstić information content (AvgIpc) is 2.98. The highest BCUT2D eigenvalue weighted by molar-refractivity contribution is 5.90. The summed E-state index contributed by atoms with van der Waals surface area (Å²) in [5.74, 6) is -1.09. The molecule has 2 rings (SSSR count). The smallest absolute Gasteiger partial charge is 0.330 e. The molecule has 1 aliphatic carbocycles. The number of hydrogen-bond donors (Lipinski definition) is 4. The van der Waals surface area contributed by atoms with Gasteiger partial charge in [-0.3, -0.25) is 4.79 Å². The average molecular weight is 450 g/mol. The van der Waals surface area contributed by atoms with Crippen LogP contribution >= 0.6 is 0 Å². The lowest BCUT2D eigenvalue weighted by atomic mass is 9.63. The molecule has 1 fully saturated rings. The maximum absolute atomic E-state index is 12.9. The molecule has 7 nitrogen and oxygen atoms in total. The second kappa shape index (κ2) is 10.8. The Morgan fingerprint density at radius 3 is 2.59 bits per heavy atom. The SMILES string of the molecule is COC(=O)/C=C/[C@@H](O)[C@@H](O)CC/C(C)=C/[C@@H]1C=C(C)[C@@H](C)[C@@H]2[C@H](CC(C)C)NC(=O)[C@@]21O. The number of carbonyl (C=O) groups is 2. The minimum Gasteiger partial charge on any atom is -0.466 e. The van der Waals surface area contributed by atoms with E-state index in [0.717, 1.165) is 23.6 Å². The van der Waals surface area contributed by atoms with Crippen molar-refractivity contribution in [3.8, 4) is 0 Å². The van der Waals surface area contributed by atoms with E-state index in [1.807, 2.05) is 26.0 Å². The summed E-state index contributed by atoms with van der Waals surface area (Å²) in [7, 11) is 1.24. The van der Waals surface area contributed by atoms with E-state index in [2.05, 4.69) is 30.8 Å². The number of fused-ring (bicyclic) bond motifs is 1. The van der Waals surface area contributed by atoms with Crippen LogP contribution in [0.5, 0.6) is 0 Å². The summed E-state index contributed by atoms with van der Waals surface area (Å²) in [6.07, 6.45) is 5.48. The molecule has 0 spiro atoms. The third-order valence-electron chi connectivity index (χ3n) is 6.88. The van der Waals surface area contributed by atoms with Crippen molar-refractivity contribution in [1.29, 1.82) is 0 Å². The molecular weight excluding hydrogens is 410 g/mol. The summed E-state index contributed by atoms with van der Waals surface area (Å²) in [6.45, 7) is 10.2. The predicted molar refractivity (Wildman–Crippen MR) is 122 cm³/mol. The third kappa shape index (κ3) is 5.69. The van der Waals surface area contributed by atoms with Gasteiger partial charge in [0.05, 0.1) is 19.3 Å². The first-order valence-corrected chi connectivity index (χ1v) is 11.4. The van der Waals surface area contributed by atoms with Crippen LogP contribution in [0.3, 0.4) is 0 Å². The van der Waals surface area contributed by atoms with Crippen molar-refractivity contribution in [2.75, 3.05) is 7.11 Å². The van der Waals surface area contributed by atoms with Gasteiger partial charge in [0.15, 0.2) is 5.60 Å². The van der Waals surface area contributed by atoms with Crippen LogP contribution in [0.4, 0.5) is 0 Å². The Kier molecular flexibility index (Phi) is 8.85. The fourth-order valence-electron chi connectivity index (χ4n) is 4.98. The molecule has 1 saturated heterocycles. The fourth-order valence-corrected chi connectivity index (χ4v) is 4.98. The Morgan fingerprint density at radius 2 is 2.00 bits per heavy atom. The van der Waals surface area contributed by atoms with Crippen LogP contribution in [-0.4, -0.2) is 58.2 Å².